The Kier molecular flexibility index (Phi) is 4.37. The maximum Gasteiger partial charge on any atom is 0.420 e. The molecule has 0 aromatic heterocycles. The number of benzene rings is 1. The number of hydrogen-bond donors (Lipinski definition) is 2. The molecule has 0 aliphatic heterocycles. The first-order chi connectivity index (χ1) is 10.3. The maximum absolute atomic E-state index is 12.6. The summed E-state index contributed by atoms with van der Waals surface area (Å²) in [5.74, 6) is -6.68. The molecule has 0 spiro atoms. The summed E-state index contributed by atoms with van der Waals surface area (Å²) in [6.07, 6.45) is -25.4. The molecular weight excluding hydrogens is 380 g/mol. The first-order valence-corrected chi connectivity index (χ1v) is 5.22. The van der Waals surface area contributed by atoms with E-state index >= 15 is 0 Å². The van der Waals surface area contributed by atoms with E-state index in [1.807, 2.05) is 0 Å². The van der Waals surface area contributed by atoms with E-state index in [9.17, 15) is 52.7 Å². The number of aromatic hydroxyl groups is 2. The predicted molar refractivity (Wildman–Crippen MR) is 49.8 cm³/mol. The quantitative estimate of drug-likeness (QED) is 0.480. The van der Waals surface area contributed by atoms with E-state index in [1.54, 1.807) is 0 Å². The lowest BCUT2D eigenvalue weighted by molar-refractivity contribution is -0.174. The molecule has 0 fully saturated rings. The molecule has 0 aliphatic carbocycles. The molecular formula is C10H2F12O2. The Morgan fingerprint density at radius 1 is 0.375 bits per heavy atom. The van der Waals surface area contributed by atoms with Gasteiger partial charge in [0.05, 0.1) is 0 Å². The summed E-state index contributed by atoms with van der Waals surface area (Å²) in [7, 11) is 0. The third-order valence-electron chi connectivity index (χ3n) is 2.58. The molecule has 1 aromatic rings. The van der Waals surface area contributed by atoms with E-state index in [1.165, 1.54) is 0 Å². The molecule has 14 heteroatoms. The fourth-order valence-electron chi connectivity index (χ4n) is 1.83. The van der Waals surface area contributed by atoms with E-state index in [0.717, 1.165) is 0 Å². The highest BCUT2D eigenvalue weighted by atomic mass is 19.4. The third-order valence-corrected chi connectivity index (χ3v) is 2.58. The van der Waals surface area contributed by atoms with Crippen LogP contribution in [-0.4, -0.2) is 10.2 Å². The van der Waals surface area contributed by atoms with Gasteiger partial charge in [0.1, 0.15) is 33.8 Å². The molecule has 0 amide bonds. The van der Waals surface area contributed by atoms with Crippen LogP contribution in [0.3, 0.4) is 0 Å². The van der Waals surface area contributed by atoms with Crippen molar-refractivity contribution in [1.29, 1.82) is 0 Å². The summed E-state index contributed by atoms with van der Waals surface area (Å²) in [4.78, 5) is 0. The maximum atomic E-state index is 12.6. The van der Waals surface area contributed by atoms with Gasteiger partial charge in [0.15, 0.2) is 0 Å². The molecule has 0 radical (unpaired) electrons. The molecule has 24 heavy (non-hydrogen) atoms. The van der Waals surface area contributed by atoms with Gasteiger partial charge in [-0.1, -0.05) is 0 Å². The second-order valence-electron chi connectivity index (χ2n) is 4.19. The van der Waals surface area contributed by atoms with Crippen molar-refractivity contribution < 1.29 is 62.9 Å². The lowest BCUT2D eigenvalue weighted by Crippen LogP contribution is -2.24. The first-order valence-electron chi connectivity index (χ1n) is 5.22. The molecule has 2 N–H and O–H groups in total. The van der Waals surface area contributed by atoms with Crippen LogP contribution >= 0.6 is 0 Å². The molecule has 0 saturated heterocycles. The number of phenolic OH excluding ortho intramolecular Hbond substituents is 2. The van der Waals surface area contributed by atoms with Crippen molar-refractivity contribution in [2.24, 2.45) is 0 Å². The summed E-state index contributed by atoms with van der Waals surface area (Å²) in [6, 6.07) is 0. The molecule has 1 rings (SSSR count). The number of rotatable bonds is 0. The monoisotopic (exact) mass is 382 g/mol. The van der Waals surface area contributed by atoms with Gasteiger partial charge in [-0.3, -0.25) is 0 Å². The Labute approximate surface area is 122 Å². The van der Waals surface area contributed by atoms with E-state index in [4.69, 9.17) is 10.2 Å². The average molecular weight is 382 g/mol. The van der Waals surface area contributed by atoms with Gasteiger partial charge in [-0.25, -0.2) is 0 Å². The molecule has 0 saturated carbocycles. The van der Waals surface area contributed by atoms with Gasteiger partial charge in [0, 0.05) is 0 Å². The van der Waals surface area contributed by atoms with Crippen molar-refractivity contribution in [2.75, 3.05) is 0 Å². The SMILES string of the molecule is Oc1c(C(F)(F)F)c(C(F)(F)F)c(O)c(C(F)(F)F)c1C(F)(F)F. The minimum absolute atomic E-state index is 3.34. The Morgan fingerprint density at radius 2 is 0.500 bits per heavy atom. The molecule has 0 heterocycles. The molecule has 138 valence electrons. The van der Waals surface area contributed by atoms with Crippen LogP contribution in [0.25, 0.3) is 0 Å². The van der Waals surface area contributed by atoms with E-state index in [-0.39, 0.29) is 0 Å². The van der Waals surface area contributed by atoms with Crippen molar-refractivity contribution in [3.05, 3.63) is 22.3 Å². The van der Waals surface area contributed by atoms with Crippen LogP contribution in [0.2, 0.25) is 0 Å². The van der Waals surface area contributed by atoms with Crippen molar-refractivity contribution in [1.82, 2.24) is 0 Å². The standard InChI is InChI=1S/C10H2F12O2/c11-7(12,13)1-2(8(14,15)16)6(24)4(10(20,21)22)3(5(1)23)9(17,18)19/h23-24H. The minimum atomic E-state index is -6.35. The van der Waals surface area contributed by atoms with Gasteiger partial charge >= 0.3 is 24.7 Å². The van der Waals surface area contributed by atoms with Crippen molar-refractivity contribution in [3.63, 3.8) is 0 Å². The summed E-state index contributed by atoms with van der Waals surface area (Å²) < 4.78 is 151. The van der Waals surface area contributed by atoms with Crippen molar-refractivity contribution in [2.45, 2.75) is 24.7 Å². The van der Waals surface area contributed by atoms with Gasteiger partial charge in [-0.2, -0.15) is 52.7 Å². The van der Waals surface area contributed by atoms with Crippen LogP contribution in [0.1, 0.15) is 22.3 Å². The zero-order valence-electron chi connectivity index (χ0n) is 10.4. The normalized spacial score (nSPS) is 14.2. The van der Waals surface area contributed by atoms with Gasteiger partial charge in [0.2, 0.25) is 0 Å². The minimum Gasteiger partial charge on any atom is -0.507 e. The molecule has 0 atom stereocenters. The van der Waals surface area contributed by atoms with Crippen molar-refractivity contribution >= 4 is 0 Å². The van der Waals surface area contributed by atoms with Crippen LogP contribution in [-0.2, 0) is 24.7 Å². The largest absolute Gasteiger partial charge is 0.507 e. The lowest BCUT2D eigenvalue weighted by Gasteiger charge is -2.25. The Balaban J connectivity index is 4.28. The van der Waals surface area contributed by atoms with Gasteiger partial charge < -0.3 is 10.2 Å². The third kappa shape index (κ3) is 3.40. The Hall–Kier alpha value is -2.02. The number of halogens is 12. The smallest absolute Gasteiger partial charge is 0.420 e. The fraction of sp³-hybridized carbons (Fsp3) is 0.400. The second-order valence-corrected chi connectivity index (χ2v) is 4.19. The summed E-state index contributed by atoms with van der Waals surface area (Å²) in [5, 5.41) is 17.8. The van der Waals surface area contributed by atoms with Gasteiger partial charge in [-0.15, -0.1) is 0 Å². The number of alkyl halides is 12. The topological polar surface area (TPSA) is 40.5 Å². The predicted octanol–water partition coefficient (Wildman–Crippen LogP) is 5.17. The molecule has 0 aliphatic rings. The van der Waals surface area contributed by atoms with Crippen LogP contribution in [0, 0.1) is 0 Å². The highest BCUT2D eigenvalue weighted by Gasteiger charge is 2.56. The second kappa shape index (κ2) is 5.24. The number of hydrogen-bond acceptors (Lipinski definition) is 2. The average Bonchev–Trinajstić information content (AvgIpc) is 2.24. The van der Waals surface area contributed by atoms with E-state index < -0.39 is 58.5 Å². The zero-order chi connectivity index (χ0) is 19.5. The van der Waals surface area contributed by atoms with Crippen LogP contribution in [0.15, 0.2) is 0 Å². The fourth-order valence-corrected chi connectivity index (χ4v) is 1.83. The molecule has 2 nitrogen and oxygen atoms in total. The van der Waals surface area contributed by atoms with E-state index in [0.29, 0.717) is 0 Å². The van der Waals surface area contributed by atoms with Crippen LogP contribution < -0.4 is 0 Å². The highest BCUT2D eigenvalue weighted by molar-refractivity contribution is 5.62. The highest BCUT2D eigenvalue weighted by Crippen LogP contribution is 2.57. The van der Waals surface area contributed by atoms with Gasteiger partial charge in [-0.05, 0) is 0 Å². The molecule has 0 unspecified atom stereocenters. The summed E-state index contributed by atoms with van der Waals surface area (Å²) in [6.45, 7) is 0. The molecule has 1 aromatic carbocycles. The summed E-state index contributed by atoms with van der Waals surface area (Å²) in [5.41, 5.74) is -13.9. The zero-order valence-corrected chi connectivity index (χ0v) is 10.4. The molecule has 0 bridgehead atoms. The lowest BCUT2D eigenvalue weighted by atomic mass is 9.93. The Bertz CT molecular complexity index is 536. The first kappa shape index (κ1) is 20.0. The van der Waals surface area contributed by atoms with Crippen molar-refractivity contribution in [3.8, 4) is 11.5 Å². The summed E-state index contributed by atoms with van der Waals surface area (Å²) >= 11 is 0. The van der Waals surface area contributed by atoms with Gasteiger partial charge in [0.25, 0.3) is 0 Å². The van der Waals surface area contributed by atoms with Crippen LogP contribution in [0.5, 0.6) is 11.5 Å². The number of phenols is 2. The Morgan fingerprint density at radius 3 is 0.583 bits per heavy atom. The van der Waals surface area contributed by atoms with E-state index in [2.05, 4.69) is 0 Å². The van der Waals surface area contributed by atoms with Crippen LogP contribution in [0.4, 0.5) is 52.7 Å².